The van der Waals surface area contributed by atoms with Crippen molar-refractivity contribution in [1.29, 1.82) is 0 Å². The van der Waals surface area contributed by atoms with Crippen LogP contribution in [0.25, 0.3) is 10.6 Å². The summed E-state index contributed by atoms with van der Waals surface area (Å²) < 4.78 is 2.24. The molecule has 0 spiro atoms. The average molecular weight is 397 g/mol. The zero-order chi connectivity index (χ0) is 18.6. The number of nitrogens with zero attached hydrogens (tertiary/aromatic N) is 4. The number of hydrogen-bond donors (Lipinski definition) is 0. The van der Waals surface area contributed by atoms with E-state index in [4.69, 9.17) is 4.98 Å². The summed E-state index contributed by atoms with van der Waals surface area (Å²) in [7, 11) is 0. The van der Waals surface area contributed by atoms with Crippen molar-refractivity contribution in [1.82, 2.24) is 19.7 Å². The number of thioether (sulfide) groups is 1. The van der Waals surface area contributed by atoms with Crippen molar-refractivity contribution in [2.45, 2.75) is 56.0 Å². The second kappa shape index (κ2) is 8.40. The average Bonchev–Trinajstić information content (AvgIpc) is 3.41. The molecule has 0 saturated heterocycles. The molecule has 0 N–H and O–H groups in total. The number of allylic oxidation sites excluding steroid dienone is 1. The van der Waals surface area contributed by atoms with Gasteiger partial charge in [-0.25, -0.2) is 4.98 Å². The maximum atomic E-state index is 4.82. The molecule has 1 saturated carbocycles. The van der Waals surface area contributed by atoms with Crippen LogP contribution >= 0.6 is 23.1 Å². The van der Waals surface area contributed by atoms with Crippen LogP contribution in [0.2, 0.25) is 0 Å². The predicted octanol–water partition coefficient (Wildman–Crippen LogP) is 5.85. The van der Waals surface area contributed by atoms with Gasteiger partial charge in [-0.3, -0.25) is 0 Å². The highest BCUT2D eigenvalue weighted by Crippen LogP contribution is 2.35. The summed E-state index contributed by atoms with van der Waals surface area (Å²) in [6, 6.07) is 8.51. The SMILES string of the molecule is C=CCn1c(SCc2csc(-c3cccc(C)c3)n2)nnc1C1CCCC1. The van der Waals surface area contributed by atoms with E-state index in [1.54, 1.807) is 23.1 Å². The van der Waals surface area contributed by atoms with Gasteiger partial charge in [0.15, 0.2) is 5.16 Å². The third-order valence-electron chi connectivity index (χ3n) is 4.94. The fourth-order valence-electron chi connectivity index (χ4n) is 3.62. The number of thiazole rings is 1. The maximum absolute atomic E-state index is 4.82. The first-order valence-electron chi connectivity index (χ1n) is 9.43. The minimum atomic E-state index is 0.555. The lowest BCUT2D eigenvalue weighted by Gasteiger charge is -2.11. The quantitative estimate of drug-likeness (QED) is 0.371. The van der Waals surface area contributed by atoms with Gasteiger partial charge in [-0.15, -0.1) is 28.1 Å². The van der Waals surface area contributed by atoms with Crippen LogP contribution in [-0.4, -0.2) is 19.7 Å². The predicted molar refractivity (Wildman–Crippen MR) is 113 cm³/mol. The van der Waals surface area contributed by atoms with Crippen LogP contribution in [0.3, 0.4) is 0 Å². The first-order chi connectivity index (χ1) is 13.2. The van der Waals surface area contributed by atoms with Crippen LogP contribution in [0, 0.1) is 6.92 Å². The summed E-state index contributed by atoms with van der Waals surface area (Å²) in [5.41, 5.74) is 3.54. The molecular weight excluding hydrogens is 372 g/mol. The lowest BCUT2D eigenvalue weighted by atomic mass is 10.1. The van der Waals surface area contributed by atoms with Crippen molar-refractivity contribution in [2.24, 2.45) is 0 Å². The van der Waals surface area contributed by atoms with Gasteiger partial charge < -0.3 is 4.57 Å². The van der Waals surface area contributed by atoms with Crippen molar-refractivity contribution in [3.8, 4) is 10.6 Å². The largest absolute Gasteiger partial charge is 0.302 e. The number of benzene rings is 1. The topological polar surface area (TPSA) is 43.6 Å². The van der Waals surface area contributed by atoms with Gasteiger partial charge in [-0.1, -0.05) is 54.4 Å². The highest BCUT2D eigenvalue weighted by Gasteiger charge is 2.24. The second-order valence-electron chi connectivity index (χ2n) is 7.02. The Balaban J connectivity index is 1.48. The third-order valence-corrected chi connectivity index (χ3v) is 6.88. The van der Waals surface area contributed by atoms with E-state index in [2.05, 4.69) is 57.9 Å². The van der Waals surface area contributed by atoms with Crippen LogP contribution in [-0.2, 0) is 12.3 Å². The van der Waals surface area contributed by atoms with Gasteiger partial charge in [0.1, 0.15) is 10.8 Å². The molecule has 6 heteroatoms. The summed E-state index contributed by atoms with van der Waals surface area (Å²) in [6.45, 7) is 6.79. The fourth-order valence-corrected chi connectivity index (χ4v) is 5.39. The smallest absolute Gasteiger partial charge is 0.191 e. The monoisotopic (exact) mass is 396 g/mol. The molecule has 1 fully saturated rings. The first kappa shape index (κ1) is 18.4. The molecule has 1 aliphatic rings. The molecule has 0 amide bonds. The van der Waals surface area contributed by atoms with Crippen LogP contribution in [0.5, 0.6) is 0 Å². The highest BCUT2D eigenvalue weighted by atomic mass is 32.2. The molecule has 0 atom stereocenters. The molecule has 1 aromatic carbocycles. The Bertz CT molecular complexity index is 922. The van der Waals surface area contributed by atoms with Gasteiger partial charge in [0.25, 0.3) is 0 Å². The molecule has 4 rings (SSSR count). The zero-order valence-electron chi connectivity index (χ0n) is 15.6. The number of rotatable bonds is 7. The third kappa shape index (κ3) is 4.17. The number of aromatic nitrogens is 4. The van der Waals surface area contributed by atoms with Crippen molar-refractivity contribution in [3.63, 3.8) is 0 Å². The maximum Gasteiger partial charge on any atom is 0.191 e. The van der Waals surface area contributed by atoms with Crippen molar-refractivity contribution < 1.29 is 0 Å². The fraction of sp³-hybridized carbons (Fsp3) is 0.381. The molecule has 2 heterocycles. The summed E-state index contributed by atoms with van der Waals surface area (Å²) in [5, 5.41) is 13.2. The van der Waals surface area contributed by atoms with Gasteiger partial charge in [-0.05, 0) is 25.8 Å². The van der Waals surface area contributed by atoms with Gasteiger partial charge in [0.05, 0.1) is 5.69 Å². The van der Waals surface area contributed by atoms with E-state index in [0.717, 1.165) is 34.0 Å². The Kier molecular flexibility index (Phi) is 5.74. The van der Waals surface area contributed by atoms with E-state index in [1.165, 1.54) is 36.8 Å². The molecule has 0 aliphatic heterocycles. The van der Waals surface area contributed by atoms with E-state index in [0.29, 0.717) is 5.92 Å². The van der Waals surface area contributed by atoms with Gasteiger partial charge in [0.2, 0.25) is 0 Å². The van der Waals surface area contributed by atoms with Crippen molar-refractivity contribution in [2.75, 3.05) is 0 Å². The normalized spacial score (nSPS) is 14.7. The molecule has 27 heavy (non-hydrogen) atoms. The minimum Gasteiger partial charge on any atom is -0.302 e. The summed E-state index contributed by atoms with van der Waals surface area (Å²) in [6.07, 6.45) is 6.99. The van der Waals surface area contributed by atoms with Crippen LogP contribution < -0.4 is 0 Å². The standard InChI is InChI=1S/C21H24N4S2/c1-3-11-25-19(16-8-4-5-9-16)23-24-21(25)27-14-18-13-26-20(22-18)17-10-6-7-15(2)12-17/h3,6-7,10,12-13,16H,1,4-5,8-9,11,14H2,2H3. The lowest BCUT2D eigenvalue weighted by molar-refractivity contribution is 0.594. The Morgan fingerprint density at radius 1 is 1.30 bits per heavy atom. The second-order valence-corrected chi connectivity index (χ2v) is 8.82. The summed E-state index contributed by atoms with van der Waals surface area (Å²) in [5.74, 6) is 2.50. The zero-order valence-corrected chi connectivity index (χ0v) is 17.2. The molecule has 2 aromatic heterocycles. The molecule has 0 bridgehead atoms. The molecular formula is C21H24N4S2. The summed E-state index contributed by atoms with van der Waals surface area (Å²) >= 11 is 3.42. The Morgan fingerprint density at radius 2 is 2.15 bits per heavy atom. The van der Waals surface area contributed by atoms with E-state index >= 15 is 0 Å². The molecule has 0 radical (unpaired) electrons. The summed E-state index contributed by atoms with van der Waals surface area (Å²) in [4.78, 5) is 4.82. The van der Waals surface area contributed by atoms with Gasteiger partial charge in [0, 0.05) is 29.2 Å². The van der Waals surface area contributed by atoms with Crippen LogP contribution in [0.1, 0.15) is 48.7 Å². The highest BCUT2D eigenvalue weighted by molar-refractivity contribution is 7.98. The lowest BCUT2D eigenvalue weighted by Crippen LogP contribution is -2.07. The van der Waals surface area contributed by atoms with Crippen molar-refractivity contribution in [3.05, 3.63) is 59.4 Å². The Morgan fingerprint density at radius 3 is 2.93 bits per heavy atom. The minimum absolute atomic E-state index is 0.555. The van der Waals surface area contributed by atoms with E-state index in [1.807, 2.05) is 6.08 Å². The number of aryl methyl sites for hydroxylation is 1. The molecule has 140 valence electrons. The van der Waals surface area contributed by atoms with Gasteiger partial charge in [-0.2, -0.15) is 0 Å². The van der Waals surface area contributed by atoms with E-state index in [-0.39, 0.29) is 0 Å². The molecule has 4 nitrogen and oxygen atoms in total. The molecule has 3 aromatic rings. The molecule has 0 unspecified atom stereocenters. The first-order valence-corrected chi connectivity index (χ1v) is 11.3. The van der Waals surface area contributed by atoms with Crippen LogP contribution in [0.15, 0.2) is 47.5 Å². The van der Waals surface area contributed by atoms with Gasteiger partial charge >= 0.3 is 0 Å². The van der Waals surface area contributed by atoms with E-state index < -0.39 is 0 Å². The number of hydrogen-bond acceptors (Lipinski definition) is 5. The Labute approximate surface area is 168 Å². The van der Waals surface area contributed by atoms with Crippen LogP contribution in [0.4, 0.5) is 0 Å². The Hall–Kier alpha value is -1.92. The molecule has 1 aliphatic carbocycles. The van der Waals surface area contributed by atoms with Crippen molar-refractivity contribution >= 4 is 23.1 Å². The van der Waals surface area contributed by atoms with E-state index in [9.17, 15) is 0 Å².